The Labute approximate surface area is 138 Å². The lowest BCUT2D eigenvalue weighted by Gasteiger charge is -2.06. The van der Waals surface area contributed by atoms with Crippen LogP contribution in [0.2, 0.25) is 0 Å². The zero-order chi connectivity index (χ0) is 16.7. The molecule has 0 fully saturated rings. The quantitative estimate of drug-likeness (QED) is 0.760. The summed E-state index contributed by atoms with van der Waals surface area (Å²) in [5.41, 5.74) is 2.41. The van der Waals surface area contributed by atoms with Crippen LogP contribution in [-0.4, -0.2) is 23.5 Å². The molecular weight excluding hydrogens is 314 g/mol. The molecule has 0 unspecified atom stereocenters. The minimum Gasteiger partial charge on any atom is -0.466 e. The van der Waals surface area contributed by atoms with E-state index < -0.39 is 0 Å². The summed E-state index contributed by atoms with van der Waals surface area (Å²) >= 11 is 1.47. The summed E-state index contributed by atoms with van der Waals surface area (Å²) in [7, 11) is 0. The molecule has 2 rings (SSSR count). The number of benzene rings is 1. The molecule has 0 aliphatic heterocycles. The molecule has 7 heteroatoms. The predicted molar refractivity (Wildman–Crippen MR) is 91.1 cm³/mol. The predicted octanol–water partition coefficient (Wildman–Crippen LogP) is 3.34. The highest BCUT2D eigenvalue weighted by atomic mass is 32.1. The monoisotopic (exact) mass is 333 g/mol. The molecule has 0 spiro atoms. The second kappa shape index (κ2) is 8.28. The number of carbonyl (C=O) groups excluding carboxylic acids is 2. The molecule has 0 saturated carbocycles. The summed E-state index contributed by atoms with van der Waals surface area (Å²) in [5, 5.41) is 8.58. The Bertz CT molecular complexity index is 685. The van der Waals surface area contributed by atoms with E-state index in [-0.39, 0.29) is 11.9 Å². The van der Waals surface area contributed by atoms with Gasteiger partial charge in [-0.1, -0.05) is 6.07 Å². The van der Waals surface area contributed by atoms with Crippen LogP contribution in [0, 0.1) is 0 Å². The largest absolute Gasteiger partial charge is 0.466 e. The van der Waals surface area contributed by atoms with Crippen LogP contribution < -0.4 is 10.6 Å². The Balaban J connectivity index is 1.93. The van der Waals surface area contributed by atoms with Gasteiger partial charge in [0.1, 0.15) is 0 Å². The normalized spacial score (nSPS) is 10.2. The van der Waals surface area contributed by atoms with E-state index in [0.29, 0.717) is 19.4 Å². The molecule has 1 amide bonds. The van der Waals surface area contributed by atoms with E-state index in [1.54, 1.807) is 6.92 Å². The van der Waals surface area contributed by atoms with E-state index >= 15 is 0 Å². The number of esters is 1. The van der Waals surface area contributed by atoms with Crippen molar-refractivity contribution in [2.75, 3.05) is 17.2 Å². The van der Waals surface area contributed by atoms with Crippen LogP contribution in [0.15, 0.2) is 29.6 Å². The van der Waals surface area contributed by atoms with Crippen molar-refractivity contribution < 1.29 is 14.3 Å². The molecule has 0 bridgehead atoms. The zero-order valence-corrected chi connectivity index (χ0v) is 13.9. The van der Waals surface area contributed by atoms with Crippen LogP contribution in [0.3, 0.4) is 0 Å². The van der Waals surface area contributed by atoms with Crippen molar-refractivity contribution in [2.45, 2.75) is 26.7 Å². The molecule has 0 atom stereocenters. The van der Waals surface area contributed by atoms with Gasteiger partial charge in [-0.15, -0.1) is 11.3 Å². The smallest absolute Gasteiger partial charge is 0.306 e. The Morgan fingerprint density at radius 2 is 2.09 bits per heavy atom. The maximum Gasteiger partial charge on any atom is 0.306 e. The number of hydrogen-bond acceptors (Lipinski definition) is 6. The molecular formula is C16H19N3O3S. The molecule has 0 aliphatic carbocycles. The van der Waals surface area contributed by atoms with Crippen LogP contribution in [0.5, 0.6) is 0 Å². The number of rotatable bonds is 7. The first kappa shape index (κ1) is 17.0. The van der Waals surface area contributed by atoms with E-state index in [2.05, 4.69) is 15.6 Å². The Kier molecular flexibility index (Phi) is 6.10. The highest BCUT2D eigenvalue weighted by molar-refractivity contribution is 7.13. The number of aryl methyl sites for hydroxylation is 1. The zero-order valence-electron chi connectivity index (χ0n) is 13.1. The van der Waals surface area contributed by atoms with Crippen molar-refractivity contribution in [2.24, 2.45) is 0 Å². The van der Waals surface area contributed by atoms with Gasteiger partial charge in [0.15, 0.2) is 5.13 Å². The molecule has 0 saturated heterocycles. The molecule has 0 radical (unpaired) electrons. The number of carbonyl (C=O) groups is 2. The molecule has 2 aromatic rings. The average molecular weight is 333 g/mol. The topological polar surface area (TPSA) is 80.3 Å². The number of thiazole rings is 1. The van der Waals surface area contributed by atoms with Gasteiger partial charge >= 0.3 is 5.97 Å². The van der Waals surface area contributed by atoms with Crippen LogP contribution in [0.1, 0.15) is 26.0 Å². The molecule has 23 heavy (non-hydrogen) atoms. The first-order valence-electron chi connectivity index (χ1n) is 7.31. The number of amides is 1. The highest BCUT2D eigenvalue weighted by Gasteiger charge is 2.07. The van der Waals surface area contributed by atoms with Crippen LogP contribution >= 0.6 is 11.3 Å². The summed E-state index contributed by atoms with van der Waals surface area (Å²) in [6.07, 6.45) is 0.887. The van der Waals surface area contributed by atoms with E-state index in [4.69, 9.17) is 4.74 Å². The number of hydrogen-bond donors (Lipinski definition) is 2. The third kappa shape index (κ3) is 5.71. The number of anilines is 3. The lowest BCUT2D eigenvalue weighted by Crippen LogP contribution is -2.06. The standard InChI is InChI=1S/C16H19N3O3S/c1-3-22-15(21)8-7-14-10-23-16(19-14)18-13-6-4-5-12(9-13)17-11(2)20/h4-6,9-10H,3,7-8H2,1-2H3,(H,17,20)(H,18,19). The fourth-order valence-electron chi connectivity index (χ4n) is 1.94. The van der Waals surface area contributed by atoms with Crippen molar-refractivity contribution in [3.63, 3.8) is 0 Å². The number of aromatic nitrogens is 1. The third-order valence-electron chi connectivity index (χ3n) is 2.88. The number of nitrogens with one attached hydrogen (secondary N) is 2. The average Bonchev–Trinajstić information content (AvgIpc) is 2.93. The first-order chi connectivity index (χ1) is 11.1. The fraction of sp³-hybridized carbons (Fsp3) is 0.312. The Morgan fingerprint density at radius 1 is 1.30 bits per heavy atom. The number of ether oxygens (including phenoxy) is 1. The van der Waals surface area contributed by atoms with Gasteiger partial charge in [0.05, 0.1) is 18.7 Å². The van der Waals surface area contributed by atoms with Gasteiger partial charge in [0.25, 0.3) is 0 Å². The molecule has 1 aromatic carbocycles. The van der Waals surface area contributed by atoms with Gasteiger partial charge in [0.2, 0.25) is 5.91 Å². The Hall–Kier alpha value is -2.41. The van der Waals surface area contributed by atoms with Crippen molar-refractivity contribution in [3.05, 3.63) is 35.3 Å². The van der Waals surface area contributed by atoms with E-state index in [1.165, 1.54) is 18.3 Å². The van der Waals surface area contributed by atoms with Gasteiger partial charge in [0, 0.05) is 30.1 Å². The molecule has 122 valence electrons. The molecule has 1 heterocycles. The summed E-state index contributed by atoms with van der Waals surface area (Å²) in [6, 6.07) is 7.40. The van der Waals surface area contributed by atoms with Crippen molar-refractivity contribution >= 4 is 39.7 Å². The highest BCUT2D eigenvalue weighted by Crippen LogP contribution is 2.23. The second-order valence-electron chi connectivity index (χ2n) is 4.84. The van der Waals surface area contributed by atoms with Crippen molar-refractivity contribution in [1.82, 2.24) is 4.98 Å². The van der Waals surface area contributed by atoms with Crippen molar-refractivity contribution in [1.29, 1.82) is 0 Å². The van der Waals surface area contributed by atoms with Gasteiger partial charge in [-0.05, 0) is 25.1 Å². The first-order valence-corrected chi connectivity index (χ1v) is 8.19. The van der Waals surface area contributed by atoms with Gasteiger partial charge in [-0.3, -0.25) is 9.59 Å². The molecule has 2 N–H and O–H groups in total. The van der Waals surface area contributed by atoms with Crippen LogP contribution in [-0.2, 0) is 20.7 Å². The lowest BCUT2D eigenvalue weighted by atomic mass is 10.2. The number of nitrogens with zero attached hydrogens (tertiary/aromatic N) is 1. The minimum atomic E-state index is -0.210. The molecule has 6 nitrogen and oxygen atoms in total. The second-order valence-corrected chi connectivity index (χ2v) is 5.69. The van der Waals surface area contributed by atoms with Gasteiger partial charge in [-0.25, -0.2) is 4.98 Å². The molecule has 0 aliphatic rings. The lowest BCUT2D eigenvalue weighted by molar-refractivity contribution is -0.143. The summed E-state index contributed by atoms with van der Waals surface area (Å²) in [6.45, 7) is 3.65. The van der Waals surface area contributed by atoms with E-state index in [9.17, 15) is 9.59 Å². The van der Waals surface area contributed by atoms with Gasteiger partial charge in [-0.2, -0.15) is 0 Å². The summed E-state index contributed by atoms with van der Waals surface area (Å²) < 4.78 is 4.90. The maximum atomic E-state index is 11.3. The van der Waals surface area contributed by atoms with Crippen molar-refractivity contribution in [3.8, 4) is 0 Å². The Morgan fingerprint density at radius 3 is 2.83 bits per heavy atom. The summed E-state index contributed by atoms with van der Waals surface area (Å²) in [5.74, 6) is -0.323. The van der Waals surface area contributed by atoms with E-state index in [0.717, 1.165) is 22.2 Å². The summed E-state index contributed by atoms with van der Waals surface area (Å²) in [4.78, 5) is 26.9. The fourth-order valence-corrected chi connectivity index (χ4v) is 2.71. The SMILES string of the molecule is CCOC(=O)CCc1csc(Nc2cccc(NC(C)=O)c2)n1. The minimum absolute atomic E-state index is 0.113. The molecule has 1 aromatic heterocycles. The van der Waals surface area contributed by atoms with Crippen LogP contribution in [0.25, 0.3) is 0 Å². The van der Waals surface area contributed by atoms with Gasteiger partial charge < -0.3 is 15.4 Å². The van der Waals surface area contributed by atoms with E-state index in [1.807, 2.05) is 29.6 Å². The maximum absolute atomic E-state index is 11.3. The van der Waals surface area contributed by atoms with Crippen LogP contribution in [0.4, 0.5) is 16.5 Å². The third-order valence-corrected chi connectivity index (χ3v) is 3.68.